The first-order chi connectivity index (χ1) is 13.7. The third-order valence-corrected chi connectivity index (χ3v) is 7.20. The predicted octanol–water partition coefficient (Wildman–Crippen LogP) is 6.34. The average Bonchev–Trinajstić information content (AvgIpc) is 3.31. The minimum absolute atomic E-state index is 1.29. The quantitative estimate of drug-likeness (QED) is 0.166. The Labute approximate surface area is 165 Å². The molecule has 0 fully saturated rings. The van der Waals surface area contributed by atoms with Crippen molar-refractivity contribution in [1.82, 2.24) is 4.40 Å². The first-order valence-corrected chi connectivity index (χ1v) is 10.5. The maximum Gasteiger partial charge on any atom is 0.224 e. The van der Waals surface area contributed by atoms with Crippen molar-refractivity contribution >= 4 is 70.4 Å². The van der Waals surface area contributed by atoms with Gasteiger partial charge in [0.25, 0.3) is 0 Å². The van der Waals surface area contributed by atoms with E-state index in [1.165, 1.54) is 64.6 Å². The van der Waals surface area contributed by atoms with Gasteiger partial charge >= 0.3 is 0 Å². The molecule has 0 bridgehead atoms. The second-order valence-corrected chi connectivity index (χ2v) is 8.75. The Morgan fingerprint density at radius 3 is 2.64 bits per heavy atom. The van der Waals surface area contributed by atoms with Gasteiger partial charge in [-0.1, -0.05) is 30.3 Å². The molecule has 3 aromatic carbocycles. The SMILES string of the molecule is Cc1ccc2c3ccccc3n3c2c1c1c2c(cc[n+]1C)cc1sccc1c23. The van der Waals surface area contributed by atoms with Crippen molar-refractivity contribution in [3.63, 3.8) is 0 Å². The summed E-state index contributed by atoms with van der Waals surface area (Å²) < 4.78 is 6.18. The van der Waals surface area contributed by atoms with E-state index in [0.717, 1.165) is 0 Å². The fourth-order valence-electron chi connectivity index (χ4n) is 5.16. The predicted molar refractivity (Wildman–Crippen MR) is 120 cm³/mol. The lowest BCUT2D eigenvalue weighted by Gasteiger charge is -2.13. The molecule has 0 amide bonds. The van der Waals surface area contributed by atoms with E-state index in [1.54, 1.807) is 0 Å². The van der Waals surface area contributed by atoms with Crippen molar-refractivity contribution in [3.05, 3.63) is 71.7 Å². The monoisotopic (exact) mass is 377 g/mol. The van der Waals surface area contributed by atoms with Crippen LogP contribution in [0.1, 0.15) is 5.56 Å². The number of hydrogen-bond acceptors (Lipinski definition) is 1. The van der Waals surface area contributed by atoms with Crippen LogP contribution in [-0.2, 0) is 7.05 Å². The Morgan fingerprint density at radius 1 is 0.857 bits per heavy atom. The van der Waals surface area contributed by atoms with Gasteiger partial charge in [0.1, 0.15) is 7.05 Å². The standard InChI is InChI=1S/C25H17N2S/c1-14-7-8-17-16-5-3-4-6-19(16)27-23(17)21(14)25-22-15(9-11-26(25)2)13-20-18(24(22)27)10-12-28-20/h3-13H,1-2H3/q+1. The lowest BCUT2D eigenvalue weighted by atomic mass is 9.98. The zero-order chi connectivity index (χ0) is 18.6. The Kier molecular flexibility index (Phi) is 2.55. The highest BCUT2D eigenvalue weighted by Crippen LogP contribution is 2.43. The lowest BCUT2D eigenvalue weighted by molar-refractivity contribution is -0.643. The van der Waals surface area contributed by atoms with Crippen molar-refractivity contribution in [2.45, 2.75) is 6.92 Å². The molecular weight excluding hydrogens is 360 g/mol. The van der Waals surface area contributed by atoms with E-state index in [-0.39, 0.29) is 0 Å². The summed E-state index contributed by atoms with van der Waals surface area (Å²) >= 11 is 1.83. The molecule has 7 rings (SSSR count). The van der Waals surface area contributed by atoms with E-state index >= 15 is 0 Å². The molecule has 0 spiro atoms. The number of nitrogens with zero attached hydrogens (tertiary/aromatic N) is 2. The molecule has 0 aliphatic heterocycles. The summed E-state index contributed by atoms with van der Waals surface area (Å²) in [5.74, 6) is 0. The molecule has 0 unspecified atom stereocenters. The van der Waals surface area contributed by atoms with Gasteiger partial charge in [-0.3, -0.25) is 0 Å². The van der Waals surface area contributed by atoms with E-state index in [2.05, 4.69) is 89.1 Å². The lowest BCUT2D eigenvalue weighted by Crippen LogP contribution is -2.28. The molecule has 2 nitrogen and oxygen atoms in total. The molecule has 3 heteroatoms. The van der Waals surface area contributed by atoms with Gasteiger partial charge in [-0.2, -0.15) is 0 Å². The number of pyridine rings is 2. The third kappa shape index (κ3) is 1.55. The summed E-state index contributed by atoms with van der Waals surface area (Å²) in [4.78, 5) is 0. The van der Waals surface area contributed by atoms with Gasteiger partial charge in [0, 0.05) is 26.9 Å². The van der Waals surface area contributed by atoms with Crippen LogP contribution in [0.15, 0.2) is 66.2 Å². The van der Waals surface area contributed by atoms with Crippen LogP contribution in [0.5, 0.6) is 0 Å². The van der Waals surface area contributed by atoms with E-state index in [0.29, 0.717) is 0 Å². The Morgan fingerprint density at radius 2 is 1.71 bits per heavy atom. The molecule has 0 atom stereocenters. The highest BCUT2D eigenvalue weighted by molar-refractivity contribution is 7.17. The summed E-state index contributed by atoms with van der Waals surface area (Å²) in [5, 5.41) is 10.3. The van der Waals surface area contributed by atoms with Crippen LogP contribution in [0.4, 0.5) is 0 Å². The van der Waals surface area contributed by atoms with E-state index < -0.39 is 0 Å². The summed E-state index contributed by atoms with van der Waals surface area (Å²) in [5.41, 5.74) is 6.64. The topological polar surface area (TPSA) is 8.29 Å². The van der Waals surface area contributed by atoms with Gasteiger partial charge in [0.2, 0.25) is 5.52 Å². The van der Waals surface area contributed by atoms with Gasteiger partial charge in [0.05, 0.1) is 27.3 Å². The molecule has 132 valence electrons. The Bertz CT molecular complexity index is 1720. The minimum Gasteiger partial charge on any atom is -0.307 e. The van der Waals surface area contributed by atoms with Crippen LogP contribution in [0, 0.1) is 6.92 Å². The molecule has 7 aromatic rings. The second kappa shape index (κ2) is 4.81. The largest absolute Gasteiger partial charge is 0.307 e. The van der Waals surface area contributed by atoms with Gasteiger partial charge in [-0.05, 0) is 41.5 Å². The number of para-hydroxylation sites is 1. The fraction of sp³-hybridized carbons (Fsp3) is 0.0800. The zero-order valence-corrected chi connectivity index (χ0v) is 16.5. The molecule has 28 heavy (non-hydrogen) atoms. The number of thiophene rings is 1. The first-order valence-electron chi connectivity index (χ1n) is 9.60. The minimum atomic E-state index is 1.29. The normalized spacial score (nSPS) is 12.6. The van der Waals surface area contributed by atoms with E-state index in [1.807, 2.05) is 11.3 Å². The van der Waals surface area contributed by atoms with Crippen LogP contribution in [0.25, 0.3) is 59.1 Å². The Balaban J connectivity index is 2.06. The number of fused-ring (bicyclic) bond motifs is 7. The van der Waals surface area contributed by atoms with Crippen LogP contribution in [0.3, 0.4) is 0 Å². The van der Waals surface area contributed by atoms with E-state index in [9.17, 15) is 0 Å². The van der Waals surface area contributed by atoms with Crippen LogP contribution < -0.4 is 4.57 Å². The van der Waals surface area contributed by atoms with Crippen molar-refractivity contribution in [3.8, 4) is 0 Å². The summed E-state index contributed by atoms with van der Waals surface area (Å²) in [6, 6.07) is 20.3. The molecule has 0 saturated heterocycles. The molecule has 0 aliphatic rings. The Hall–Kier alpha value is -3.17. The number of hydrogen-bond donors (Lipinski definition) is 0. The van der Waals surface area contributed by atoms with Crippen molar-refractivity contribution in [1.29, 1.82) is 0 Å². The highest BCUT2D eigenvalue weighted by Gasteiger charge is 2.24. The fourth-order valence-corrected chi connectivity index (χ4v) is 6.00. The summed E-state index contributed by atoms with van der Waals surface area (Å²) in [7, 11) is 2.17. The van der Waals surface area contributed by atoms with Crippen molar-refractivity contribution < 1.29 is 4.57 Å². The maximum absolute atomic E-state index is 2.53. The highest BCUT2D eigenvalue weighted by atomic mass is 32.1. The van der Waals surface area contributed by atoms with Gasteiger partial charge in [-0.25, -0.2) is 4.57 Å². The smallest absolute Gasteiger partial charge is 0.224 e. The molecular formula is C25H17N2S+. The van der Waals surface area contributed by atoms with Crippen molar-refractivity contribution in [2.75, 3.05) is 0 Å². The number of aryl methyl sites for hydroxylation is 2. The molecule has 0 aliphatic carbocycles. The summed E-state index contributed by atoms with van der Waals surface area (Å²) in [6.45, 7) is 2.24. The number of aromatic nitrogens is 2. The van der Waals surface area contributed by atoms with E-state index in [4.69, 9.17) is 0 Å². The van der Waals surface area contributed by atoms with Gasteiger partial charge in [0.15, 0.2) is 6.20 Å². The maximum atomic E-state index is 2.53. The van der Waals surface area contributed by atoms with Crippen molar-refractivity contribution in [2.24, 2.45) is 7.05 Å². The zero-order valence-electron chi connectivity index (χ0n) is 15.7. The van der Waals surface area contributed by atoms with Crippen LogP contribution >= 0.6 is 11.3 Å². The van der Waals surface area contributed by atoms with Gasteiger partial charge in [-0.15, -0.1) is 11.3 Å². The molecule has 0 radical (unpaired) electrons. The molecule has 4 heterocycles. The van der Waals surface area contributed by atoms with Gasteiger partial charge < -0.3 is 4.40 Å². The summed E-state index contributed by atoms with van der Waals surface area (Å²) in [6.07, 6.45) is 2.21. The number of rotatable bonds is 0. The molecule has 0 saturated carbocycles. The third-order valence-electron chi connectivity index (χ3n) is 6.33. The second-order valence-electron chi connectivity index (χ2n) is 7.80. The number of benzene rings is 3. The molecule has 0 N–H and O–H groups in total. The van der Waals surface area contributed by atoms with Crippen LogP contribution in [-0.4, -0.2) is 4.40 Å². The average molecular weight is 377 g/mol. The first kappa shape index (κ1) is 14.8. The molecule has 4 aromatic heterocycles. The van der Waals surface area contributed by atoms with Crippen LogP contribution in [0.2, 0.25) is 0 Å².